The lowest BCUT2D eigenvalue weighted by molar-refractivity contribution is 0.334. The number of aromatic nitrogens is 2. The van der Waals surface area contributed by atoms with Gasteiger partial charge >= 0.3 is 0 Å². The van der Waals surface area contributed by atoms with Crippen molar-refractivity contribution in [3.63, 3.8) is 0 Å². The normalized spacial score (nSPS) is 18.2. The molecule has 5 rings (SSSR count). The van der Waals surface area contributed by atoms with E-state index in [1.165, 1.54) is 25.9 Å². The fraction of sp³-hybridized carbons (Fsp3) is 0.440. The Morgan fingerprint density at radius 1 is 1.03 bits per heavy atom. The van der Waals surface area contributed by atoms with Gasteiger partial charge in [0.2, 0.25) is 0 Å². The van der Waals surface area contributed by atoms with E-state index in [0.717, 1.165) is 54.4 Å². The Morgan fingerprint density at radius 3 is 2.53 bits per heavy atom. The molecule has 2 heterocycles. The average Bonchev–Trinajstić information content (AvgIpc) is 3.50. The second kappa shape index (κ2) is 8.32. The van der Waals surface area contributed by atoms with Crippen LogP contribution in [0.1, 0.15) is 49.5 Å². The lowest BCUT2D eigenvalue weighted by Crippen LogP contribution is -2.30. The predicted octanol–water partition coefficient (Wildman–Crippen LogP) is 3.82. The number of benzene rings is 2. The molecule has 2 N–H and O–H groups in total. The third kappa shape index (κ3) is 3.80. The van der Waals surface area contributed by atoms with Crippen LogP contribution in [0, 0.1) is 5.92 Å². The first-order chi connectivity index (χ1) is 14.7. The van der Waals surface area contributed by atoms with Crippen LogP contribution in [-0.4, -0.2) is 34.1 Å². The summed E-state index contributed by atoms with van der Waals surface area (Å²) in [6, 6.07) is 15.7. The minimum absolute atomic E-state index is 0.00840. The first-order valence-corrected chi connectivity index (χ1v) is 11.3. The largest absolute Gasteiger partial charge is 0.321 e. The van der Waals surface area contributed by atoms with E-state index in [2.05, 4.69) is 11.0 Å². The van der Waals surface area contributed by atoms with Crippen molar-refractivity contribution < 1.29 is 0 Å². The number of rotatable bonds is 7. The maximum absolute atomic E-state index is 13.8. The quantitative estimate of drug-likeness (QED) is 0.652. The second-order valence-corrected chi connectivity index (χ2v) is 8.77. The molecule has 2 aliphatic rings. The van der Waals surface area contributed by atoms with E-state index >= 15 is 0 Å². The molecule has 0 amide bonds. The molecule has 3 aromatic rings. The van der Waals surface area contributed by atoms with Gasteiger partial charge in [-0.2, -0.15) is 0 Å². The van der Waals surface area contributed by atoms with Gasteiger partial charge in [-0.1, -0.05) is 30.3 Å². The number of likely N-dealkylation sites (tertiary alicyclic amines) is 1. The van der Waals surface area contributed by atoms with Crippen molar-refractivity contribution >= 4 is 10.9 Å². The van der Waals surface area contributed by atoms with Crippen molar-refractivity contribution in [2.24, 2.45) is 11.7 Å². The molecule has 1 atom stereocenters. The predicted molar refractivity (Wildman–Crippen MR) is 121 cm³/mol. The zero-order valence-corrected chi connectivity index (χ0v) is 17.5. The molecular formula is C25H30N4O. The minimum atomic E-state index is -0.207. The summed E-state index contributed by atoms with van der Waals surface area (Å²) in [4.78, 5) is 21.3. The van der Waals surface area contributed by atoms with Crippen LogP contribution < -0.4 is 11.3 Å². The fourth-order valence-corrected chi connectivity index (χ4v) is 4.74. The van der Waals surface area contributed by atoms with Gasteiger partial charge in [0.15, 0.2) is 0 Å². The molecule has 1 aromatic heterocycles. The van der Waals surface area contributed by atoms with Crippen LogP contribution in [0.5, 0.6) is 0 Å². The van der Waals surface area contributed by atoms with Gasteiger partial charge in [0.25, 0.3) is 5.56 Å². The van der Waals surface area contributed by atoms with Gasteiger partial charge < -0.3 is 10.6 Å². The molecule has 2 fully saturated rings. The second-order valence-electron chi connectivity index (χ2n) is 8.77. The average molecular weight is 403 g/mol. The van der Waals surface area contributed by atoms with Crippen molar-refractivity contribution in [2.75, 3.05) is 19.6 Å². The Hall–Kier alpha value is -2.50. The van der Waals surface area contributed by atoms with Crippen molar-refractivity contribution in [3.8, 4) is 5.69 Å². The van der Waals surface area contributed by atoms with E-state index in [4.69, 9.17) is 10.7 Å². The van der Waals surface area contributed by atoms with Crippen LogP contribution in [0.25, 0.3) is 16.6 Å². The molecule has 30 heavy (non-hydrogen) atoms. The number of nitrogens with two attached hydrogens (primary N) is 1. The third-order valence-electron chi connectivity index (χ3n) is 6.57. The molecule has 0 radical (unpaired) electrons. The van der Waals surface area contributed by atoms with Gasteiger partial charge in [-0.15, -0.1) is 0 Å². The summed E-state index contributed by atoms with van der Waals surface area (Å²) >= 11 is 0. The highest BCUT2D eigenvalue weighted by molar-refractivity contribution is 5.82. The third-order valence-corrected chi connectivity index (χ3v) is 6.57. The molecule has 1 aliphatic carbocycles. The molecule has 156 valence electrons. The summed E-state index contributed by atoms with van der Waals surface area (Å²) in [5.74, 6) is 1.11. The van der Waals surface area contributed by atoms with Crippen LogP contribution in [0.4, 0.5) is 0 Å². The summed E-state index contributed by atoms with van der Waals surface area (Å²) in [5.41, 5.74) is 9.28. The number of aryl methyl sites for hydroxylation is 1. The van der Waals surface area contributed by atoms with Crippen LogP contribution in [0.15, 0.2) is 53.3 Å². The highest BCUT2D eigenvalue weighted by Gasteiger charge is 2.33. The van der Waals surface area contributed by atoms with Crippen LogP contribution in [0.2, 0.25) is 0 Å². The van der Waals surface area contributed by atoms with E-state index in [1.807, 2.05) is 42.5 Å². The highest BCUT2D eigenvalue weighted by atomic mass is 16.1. The van der Waals surface area contributed by atoms with Gasteiger partial charge in [-0.25, -0.2) is 4.98 Å². The highest BCUT2D eigenvalue weighted by Crippen LogP contribution is 2.39. The smallest absolute Gasteiger partial charge is 0.266 e. The number of hydrogen-bond donors (Lipinski definition) is 1. The summed E-state index contributed by atoms with van der Waals surface area (Å²) in [5, 5.41) is 0.745. The molecule has 0 unspecified atom stereocenters. The molecule has 5 heteroatoms. The lowest BCUT2D eigenvalue weighted by Gasteiger charge is -2.19. The Labute approximate surface area is 177 Å². The molecule has 1 aliphatic heterocycles. The monoisotopic (exact) mass is 402 g/mol. The molecule has 0 bridgehead atoms. The van der Waals surface area contributed by atoms with Crippen molar-refractivity contribution in [2.45, 2.75) is 44.6 Å². The molecular weight excluding hydrogens is 372 g/mol. The van der Waals surface area contributed by atoms with Crippen molar-refractivity contribution in [1.82, 2.24) is 14.5 Å². The first kappa shape index (κ1) is 19.5. The van der Waals surface area contributed by atoms with Crippen LogP contribution >= 0.6 is 0 Å². The standard InChI is InChI=1S/C25H30N4O/c26-23(19-13-14-19)24-27-21-12-6-8-18(9-7-17-28-15-4-5-16-28)22(21)25(30)29(24)20-10-2-1-3-11-20/h1-3,6,8,10-12,19,23H,4-5,7,9,13-17,26H2/t23-/m0/s1. The zero-order chi connectivity index (χ0) is 20.5. The zero-order valence-electron chi connectivity index (χ0n) is 17.5. The Bertz CT molecular complexity index is 1080. The summed E-state index contributed by atoms with van der Waals surface area (Å²) in [6.07, 6.45) is 6.80. The topological polar surface area (TPSA) is 64.2 Å². The van der Waals surface area contributed by atoms with Gasteiger partial charge in [0, 0.05) is 0 Å². The number of hydrogen-bond acceptors (Lipinski definition) is 4. The van der Waals surface area contributed by atoms with E-state index in [-0.39, 0.29) is 11.6 Å². The Morgan fingerprint density at radius 2 is 1.80 bits per heavy atom. The van der Waals surface area contributed by atoms with E-state index < -0.39 is 0 Å². The Balaban J connectivity index is 1.57. The number of nitrogens with zero attached hydrogens (tertiary/aromatic N) is 3. The van der Waals surface area contributed by atoms with Gasteiger partial charge in [-0.3, -0.25) is 9.36 Å². The molecule has 2 aromatic carbocycles. The van der Waals surface area contributed by atoms with E-state index in [9.17, 15) is 4.79 Å². The maximum atomic E-state index is 13.8. The summed E-state index contributed by atoms with van der Waals surface area (Å²) in [7, 11) is 0. The molecule has 5 nitrogen and oxygen atoms in total. The SMILES string of the molecule is N[C@H](c1nc2cccc(CCCN3CCCC3)c2c(=O)n1-c1ccccc1)C1CC1. The summed E-state index contributed by atoms with van der Waals surface area (Å²) < 4.78 is 1.76. The molecule has 1 saturated heterocycles. The van der Waals surface area contributed by atoms with Crippen LogP contribution in [0.3, 0.4) is 0 Å². The van der Waals surface area contributed by atoms with Crippen molar-refractivity contribution in [1.29, 1.82) is 0 Å². The number of fused-ring (bicyclic) bond motifs is 1. The van der Waals surface area contributed by atoms with Crippen molar-refractivity contribution in [3.05, 3.63) is 70.3 Å². The van der Waals surface area contributed by atoms with Gasteiger partial charge in [-0.05, 0) is 87.8 Å². The van der Waals surface area contributed by atoms with Gasteiger partial charge in [0.05, 0.1) is 22.6 Å². The fourth-order valence-electron chi connectivity index (χ4n) is 4.74. The molecule has 1 saturated carbocycles. The Kier molecular flexibility index (Phi) is 5.40. The van der Waals surface area contributed by atoms with Crippen LogP contribution in [-0.2, 0) is 6.42 Å². The minimum Gasteiger partial charge on any atom is -0.321 e. The first-order valence-electron chi connectivity index (χ1n) is 11.3. The molecule has 0 spiro atoms. The lowest BCUT2D eigenvalue weighted by atomic mass is 10.0. The van der Waals surface area contributed by atoms with Gasteiger partial charge in [0.1, 0.15) is 5.82 Å². The summed E-state index contributed by atoms with van der Waals surface area (Å²) in [6.45, 7) is 3.52. The number of para-hydroxylation sites is 1. The maximum Gasteiger partial charge on any atom is 0.266 e. The van der Waals surface area contributed by atoms with E-state index in [0.29, 0.717) is 11.7 Å². The van der Waals surface area contributed by atoms with E-state index in [1.54, 1.807) is 4.57 Å².